The molecule has 0 bridgehead atoms. The van der Waals surface area contributed by atoms with Gasteiger partial charge in [-0.15, -0.1) is 0 Å². The van der Waals surface area contributed by atoms with Crippen molar-refractivity contribution in [1.29, 1.82) is 0 Å². The fraction of sp³-hybridized carbons (Fsp3) is 0.333. The van der Waals surface area contributed by atoms with Gasteiger partial charge in [-0.05, 0) is 42.5 Å². The first-order chi connectivity index (χ1) is 8.83. The van der Waals surface area contributed by atoms with E-state index in [1.807, 2.05) is 24.3 Å². The zero-order chi connectivity index (χ0) is 12.4. The van der Waals surface area contributed by atoms with Gasteiger partial charge < -0.3 is 9.73 Å². The topological polar surface area (TPSA) is 25.2 Å². The van der Waals surface area contributed by atoms with Gasteiger partial charge in [-0.2, -0.15) is 0 Å². The fourth-order valence-electron chi connectivity index (χ4n) is 2.50. The Bertz CT molecular complexity index is 503. The molecule has 0 atom stereocenters. The SMILES string of the molecule is Clc1ccccc1C1CC(NCc2ccco2)C1. The van der Waals surface area contributed by atoms with Crippen molar-refractivity contribution in [3.05, 3.63) is 59.0 Å². The zero-order valence-electron chi connectivity index (χ0n) is 10.1. The Labute approximate surface area is 112 Å². The van der Waals surface area contributed by atoms with Gasteiger partial charge in [0.1, 0.15) is 5.76 Å². The molecule has 1 N–H and O–H groups in total. The van der Waals surface area contributed by atoms with Crippen LogP contribution in [0.1, 0.15) is 30.1 Å². The van der Waals surface area contributed by atoms with Gasteiger partial charge >= 0.3 is 0 Å². The Morgan fingerprint density at radius 1 is 1.17 bits per heavy atom. The van der Waals surface area contributed by atoms with Gasteiger partial charge in [-0.3, -0.25) is 0 Å². The zero-order valence-corrected chi connectivity index (χ0v) is 10.9. The molecule has 1 saturated carbocycles. The van der Waals surface area contributed by atoms with Gasteiger partial charge in [0.2, 0.25) is 0 Å². The molecule has 3 heteroatoms. The quantitative estimate of drug-likeness (QED) is 0.901. The van der Waals surface area contributed by atoms with E-state index in [4.69, 9.17) is 16.0 Å². The van der Waals surface area contributed by atoms with Crippen LogP contribution in [0.3, 0.4) is 0 Å². The third-order valence-corrected chi connectivity index (χ3v) is 3.97. The van der Waals surface area contributed by atoms with E-state index in [2.05, 4.69) is 17.4 Å². The van der Waals surface area contributed by atoms with E-state index in [0.29, 0.717) is 12.0 Å². The number of hydrogen-bond acceptors (Lipinski definition) is 2. The van der Waals surface area contributed by atoms with Crippen LogP contribution in [0.15, 0.2) is 47.1 Å². The summed E-state index contributed by atoms with van der Waals surface area (Å²) in [4.78, 5) is 0. The Balaban J connectivity index is 1.50. The highest BCUT2D eigenvalue weighted by Crippen LogP contribution is 2.39. The molecule has 1 aliphatic carbocycles. The molecule has 3 rings (SSSR count). The lowest BCUT2D eigenvalue weighted by Crippen LogP contribution is -2.39. The van der Waals surface area contributed by atoms with Crippen molar-refractivity contribution >= 4 is 11.6 Å². The number of rotatable bonds is 4. The normalized spacial score (nSPS) is 22.7. The average molecular weight is 262 g/mol. The van der Waals surface area contributed by atoms with Crippen LogP contribution >= 0.6 is 11.6 Å². The van der Waals surface area contributed by atoms with E-state index < -0.39 is 0 Å². The number of furan rings is 1. The predicted molar refractivity (Wildman–Crippen MR) is 72.8 cm³/mol. The molecule has 0 amide bonds. The van der Waals surface area contributed by atoms with E-state index in [-0.39, 0.29) is 0 Å². The van der Waals surface area contributed by atoms with Gasteiger partial charge in [0.25, 0.3) is 0 Å². The molecule has 94 valence electrons. The van der Waals surface area contributed by atoms with E-state index >= 15 is 0 Å². The lowest BCUT2D eigenvalue weighted by atomic mass is 9.76. The molecule has 1 fully saturated rings. The van der Waals surface area contributed by atoms with Crippen molar-refractivity contribution in [2.45, 2.75) is 31.3 Å². The van der Waals surface area contributed by atoms with Crippen molar-refractivity contribution in [1.82, 2.24) is 5.32 Å². The second-order valence-corrected chi connectivity index (χ2v) is 5.25. The summed E-state index contributed by atoms with van der Waals surface area (Å²) in [6.45, 7) is 0.812. The third kappa shape index (κ3) is 2.45. The van der Waals surface area contributed by atoms with E-state index in [9.17, 15) is 0 Å². The summed E-state index contributed by atoms with van der Waals surface area (Å²) in [6.07, 6.45) is 4.03. The minimum atomic E-state index is 0.580. The van der Waals surface area contributed by atoms with Gasteiger partial charge in [0.05, 0.1) is 12.8 Å². The van der Waals surface area contributed by atoms with Crippen molar-refractivity contribution in [3.8, 4) is 0 Å². The van der Waals surface area contributed by atoms with Crippen molar-refractivity contribution in [2.24, 2.45) is 0 Å². The monoisotopic (exact) mass is 261 g/mol. The summed E-state index contributed by atoms with van der Waals surface area (Å²) in [5.41, 5.74) is 1.29. The Kier molecular flexibility index (Phi) is 3.39. The maximum absolute atomic E-state index is 6.20. The minimum Gasteiger partial charge on any atom is -0.468 e. The maximum atomic E-state index is 6.20. The highest BCUT2D eigenvalue weighted by atomic mass is 35.5. The van der Waals surface area contributed by atoms with E-state index in [1.165, 1.54) is 5.56 Å². The lowest BCUT2D eigenvalue weighted by Gasteiger charge is -2.36. The predicted octanol–water partition coefficient (Wildman–Crippen LogP) is 3.97. The highest BCUT2D eigenvalue weighted by molar-refractivity contribution is 6.31. The molecule has 0 aliphatic heterocycles. The molecule has 0 unspecified atom stereocenters. The maximum Gasteiger partial charge on any atom is 0.117 e. The van der Waals surface area contributed by atoms with Gasteiger partial charge in [0, 0.05) is 11.1 Å². The highest BCUT2D eigenvalue weighted by Gasteiger charge is 2.30. The first-order valence-corrected chi connectivity index (χ1v) is 6.71. The van der Waals surface area contributed by atoms with Crippen LogP contribution in [-0.2, 0) is 6.54 Å². The summed E-state index contributed by atoms with van der Waals surface area (Å²) < 4.78 is 5.30. The molecular formula is C15H16ClNO. The van der Waals surface area contributed by atoms with Gasteiger partial charge in [-0.1, -0.05) is 29.8 Å². The van der Waals surface area contributed by atoms with Crippen LogP contribution < -0.4 is 5.32 Å². The molecule has 1 aromatic carbocycles. The molecule has 0 radical (unpaired) electrons. The molecule has 2 aromatic rings. The largest absolute Gasteiger partial charge is 0.468 e. The first kappa shape index (κ1) is 11.8. The molecule has 18 heavy (non-hydrogen) atoms. The summed E-state index contributed by atoms with van der Waals surface area (Å²) in [6, 6.07) is 12.6. The van der Waals surface area contributed by atoms with Crippen molar-refractivity contribution in [2.75, 3.05) is 0 Å². The van der Waals surface area contributed by atoms with Crippen LogP contribution in [0.25, 0.3) is 0 Å². The molecular weight excluding hydrogens is 246 g/mol. The molecule has 1 heterocycles. The summed E-state index contributed by atoms with van der Waals surface area (Å²) in [5, 5.41) is 4.40. The van der Waals surface area contributed by atoms with Crippen LogP contribution in [0.2, 0.25) is 5.02 Å². The molecule has 2 nitrogen and oxygen atoms in total. The van der Waals surface area contributed by atoms with Crippen LogP contribution in [-0.4, -0.2) is 6.04 Å². The number of halogens is 1. The Morgan fingerprint density at radius 2 is 2.00 bits per heavy atom. The van der Waals surface area contributed by atoms with Crippen molar-refractivity contribution in [3.63, 3.8) is 0 Å². The minimum absolute atomic E-state index is 0.580. The lowest BCUT2D eigenvalue weighted by molar-refractivity contribution is 0.281. The summed E-state index contributed by atoms with van der Waals surface area (Å²) >= 11 is 6.20. The van der Waals surface area contributed by atoms with Crippen LogP contribution in [0, 0.1) is 0 Å². The van der Waals surface area contributed by atoms with Gasteiger partial charge in [0.15, 0.2) is 0 Å². The average Bonchev–Trinajstić information content (AvgIpc) is 2.82. The third-order valence-electron chi connectivity index (χ3n) is 3.63. The Morgan fingerprint density at radius 3 is 2.72 bits per heavy atom. The number of hydrogen-bond donors (Lipinski definition) is 1. The van der Waals surface area contributed by atoms with E-state index in [0.717, 1.165) is 30.2 Å². The molecule has 1 aliphatic rings. The van der Waals surface area contributed by atoms with E-state index in [1.54, 1.807) is 6.26 Å². The second-order valence-electron chi connectivity index (χ2n) is 4.85. The summed E-state index contributed by atoms with van der Waals surface area (Å²) in [5.74, 6) is 1.60. The van der Waals surface area contributed by atoms with Crippen LogP contribution in [0.5, 0.6) is 0 Å². The number of nitrogens with one attached hydrogen (secondary N) is 1. The Hall–Kier alpha value is -1.25. The fourth-order valence-corrected chi connectivity index (χ4v) is 2.79. The number of benzene rings is 1. The first-order valence-electron chi connectivity index (χ1n) is 6.33. The van der Waals surface area contributed by atoms with Gasteiger partial charge in [-0.25, -0.2) is 0 Å². The van der Waals surface area contributed by atoms with Crippen molar-refractivity contribution < 1.29 is 4.42 Å². The van der Waals surface area contributed by atoms with Crippen LogP contribution in [0.4, 0.5) is 0 Å². The molecule has 0 saturated heterocycles. The smallest absolute Gasteiger partial charge is 0.117 e. The standard InChI is InChI=1S/C15H16ClNO/c16-15-6-2-1-5-14(15)11-8-12(9-11)17-10-13-4-3-7-18-13/h1-7,11-12,17H,8-10H2. The molecule has 0 spiro atoms. The summed E-state index contributed by atoms with van der Waals surface area (Å²) in [7, 11) is 0. The molecule has 1 aromatic heterocycles. The second kappa shape index (κ2) is 5.17.